The summed E-state index contributed by atoms with van der Waals surface area (Å²) >= 11 is 0. The maximum Gasteiger partial charge on any atom is 0.407 e. The summed E-state index contributed by atoms with van der Waals surface area (Å²) in [6.45, 7) is 5.14. The highest BCUT2D eigenvalue weighted by molar-refractivity contribution is 5.73. The molecule has 132 valence electrons. The van der Waals surface area contributed by atoms with E-state index < -0.39 is 28.6 Å². The van der Waals surface area contributed by atoms with Crippen molar-refractivity contribution in [2.45, 2.75) is 45.3 Å². The van der Waals surface area contributed by atoms with Crippen LogP contribution in [-0.4, -0.2) is 35.7 Å². The number of methoxy groups -OCH3 is 1. The molecule has 1 atom stereocenters. The van der Waals surface area contributed by atoms with E-state index in [2.05, 4.69) is 10.1 Å². The van der Waals surface area contributed by atoms with Crippen LogP contribution in [0.3, 0.4) is 0 Å². The van der Waals surface area contributed by atoms with Crippen molar-refractivity contribution in [2.24, 2.45) is 0 Å². The summed E-state index contributed by atoms with van der Waals surface area (Å²) in [7, 11) is 1.23. The second-order valence-corrected chi connectivity index (χ2v) is 6.21. The minimum Gasteiger partial charge on any atom is -0.469 e. The Kier molecular flexibility index (Phi) is 6.69. The van der Waals surface area contributed by atoms with Crippen molar-refractivity contribution in [1.82, 2.24) is 5.32 Å². The van der Waals surface area contributed by atoms with Gasteiger partial charge < -0.3 is 14.8 Å². The van der Waals surface area contributed by atoms with E-state index in [0.717, 1.165) is 0 Å². The topological polar surface area (TPSA) is 108 Å². The number of ether oxygens (including phenoxy) is 2. The minimum absolute atomic E-state index is 0.0710. The van der Waals surface area contributed by atoms with Crippen molar-refractivity contribution in [3.8, 4) is 0 Å². The van der Waals surface area contributed by atoms with Gasteiger partial charge in [-0.1, -0.05) is 18.2 Å². The number of esters is 1. The fourth-order valence-electron chi connectivity index (χ4n) is 2.06. The van der Waals surface area contributed by atoms with Crippen LogP contribution in [0.4, 0.5) is 10.5 Å². The third-order valence-electron chi connectivity index (χ3n) is 3.02. The second-order valence-electron chi connectivity index (χ2n) is 6.21. The number of carbonyl (C=O) groups excluding carboxylic acids is 2. The Balaban J connectivity index is 2.92. The fourth-order valence-corrected chi connectivity index (χ4v) is 2.06. The van der Waals surface area contributed by atoms with E-state index in [1.165, 1.54) is 13.2 Å². The molecule has 0 spiro atoms. The van der Waals surface area contributed by atoms with E-state index in [1.807, 2.05) is 0 Å². The van der Waals surface area contributed by atoms with Crippen molar-refractivity contribution in [1.29, 1.82) is 0 Å². The van der Waals surface area contributed by atoms with Gasteiger partial charge in [0.15, 0.2) is 0 Å². The molecule has 1 amide bonds. The number of nitrogens with zero attached hydrogens (tertiary/aromatic N) is 1. The molecular weight excluding hydrogens is 316 g/mol. The number of rotatable bonds is 6. The molecule has 8 nitrogen and oxygen atoms in total. The monoisotopic (exact) mass is 338 g/mol. The van der Waals surface area contributed by atoms with Crippen LogP contribution in [0.5, 0.6) is 0 Å². The van der Waals surface area contributed by atoms with E-state index >= 15 is 0 Å². The van der Waals surface area contributed by atoms with Gasteiger partial charge in [-0.2, -0.15) is 0 Å². The molecule has 8 heteroatoms. The van der Waals surface area contributed by atoms with Gasteiger partial charge in [-0.25, -0.2) is 4.79 Å². The number of nitro groups is 1. The average Bonchev–Trinajstić information content (AvgIpc) is 2.45. The van der Waals surface area contributed by atoms with Gasteiger partial charge in [0.1, 0.15) is 5.60 Å². The van der Waals surface area contributed by atoms with E-state index in [-0.39, 0.29) is 18.5 Å². The minimum atomic E-state index is -0.699. The number of carbonyl (C=O) groups is 2. The molecule has 0 heterocycles. The molecule has 1 aromatic rings. The molecule has 0 aromatic heterocycles. The maximum absolute atomic E-state index is 11.9. The van der Waals surface area contributed by atoms with Crippen LogP contribution in [0.2, 0.25) is 0 Å². The van der Waals surface area contributed by atoms with Crippen LogP contribution in [0, 0.1) is 10.1 Å². The van der Waals surface area contributed by atoms with Crippen LogP contribution in [0.25, 0.3) is 0 Å². The summed E-state index contributed by atoms with van der Waals surface area (Å²) in [4.78, 5) is 34.1. The Bertz CT molecular complexity index is 609. The molecule has 0 unspecified atom stereocenters. The Hall–Kier alpha value is -2.64. The van der Waals surface area contributed by atoms with E-state index in [9.17, 15) is 19.7 Å². The van der Waals surface area contributed by atoms with E-state index in [4.69, 9.17) is 4.74 Å². The lowest BCUT2D eigenvalue weighted by atomic mass is 10.0. The normalized spacial score (nSPS) is 12.2. The molecule has 0 radical (unpaired) electrons. The first-order valence-electron chi connectivity index (χ1n) is 7.41. The van der Waals surface area contributed by atoms with Crippen molar-refractivity contribution >= 4 is 17.7 Å². The predicted octanol–water partition coefficient (Wildman–Crippen LogP) is 2.59. The first-order valence-corrected chi connectivity index (χ1v) is 7.41. The van der Waals surface area contributed by atoms with Gasteiger partial charge in [-0.05, 0) is 20.8 Å². The maximum atomic E-state index is 11.9. The molecule has 1 rings (SSSR count). The molecule has 1 aromatic carbocycles. The lowest BCUT2D eigenvalue weighted by molar-refractivity contribution is -0.385. The lowest BCUT2D eigenvalue weighted by Crippen LogP contribution is -2.41. The van der Waals surface area contributed by atoms with Crippen molar-refractivity contribution in [3.63, 3.8) is 0 Å². The van der Waals surface area contributed by atoms with Gasteiger partial charge in [0, 0.05) is 24.1 Å². The van der Waals surface area contributed by atoms with Gasteiger partial charge in [0.2, 0.25) is 0 Å². The van der Waals surface area contributed by atoms with Crippen LogP contribution in [0.15, 0.2) is 24.3 Å². The third kappa shape index (κ3) is 6.64. The largest absolute Gasteiger partial charge is 0.469 e. The first kappa shape index (κ1) is 19.4. The summed E-state index contributed by atoms with van der Waals surface area (Å²) < 4.78 is 9.78. The molecule has 0 saturated carbocycles. The van der Waals surface area contributed by atoms with Gasteiger partial charge in [0.05, 0.1) is 18.5 Å². The molecule has 0 fully saturated rings. The second kappa shape index (κ2) is 8.28. The number of nitro benzene ring substituents is 1. The smallest absolute Gasteiger partial charge is 0.407 e. The van der Waals surface area contributed by atoms with Crippen molar-refractivity contribution in [2.75, 3.05) is 7.11 Å². The first-order chi connectivity index (χ1) is 11.1. The molecule has 0 aliphatic carbocycles. The fraction of sp³-hybridized carbons (Fsp3) is 0.500. The molecule has 0 saturated heterocycles. The van der Waals surface area contributed by atoms with Gasteiger partial charge in [-0.3, -0.25) is 14.9 Å². The summed E-state index contributed by atoms with van der Waals surface area (Å²) in [5.74, 6) is -0.533. The number of alkyl carbamates (subject to hydrolysis) is 1. The van der Waals surface area contributed by atoms with Gasteiger partial charge in [0.25, 0.3) is 5.69 Å². The average molecular weight is 338 g/mol. The number of hydrogen-bond donors (Lipinski definition) is 1. The number of hydrogen-bond acceptors (Lipinski definition) is 6. The van der Waals surface area contributed by atoms with E-state index in [0.29, 0.717) is 5.56 Å². The highest BCUT2D eigenvalue weighted by atomic mass is 16.6. The highest BCUT2D eigenvalue weighted by Gasteiger charge is 2.24. The van der Waals surface area contributed by atoms with Crippen molar-refractivity contribution < 1.29 is 24.0 Å². The van der Waals surface area contributed by atoms with Crippen molar-refractivity contribution in [3.05, 3.63) is 39.9 Å². The van der Waals surface area contributed by atoms with Crippen LogP contribution in [-0.2, 0) is 20.7 Å². The number of amides is 1. The van der Waals surface area contributed by atoms with E-state index in [1.54, 1.807) is 39.0 Å². The zero-order valence-corrected chi connectivity index (χ0v) is 14.2. The lowest BCUT2D eigenvalue weighted by Gasteiger charge is -2.23. The summed E-state index contributed by atoms with van der Waals surface area (Å²) in [5.41, 5.74) is -0.357. The third-order valence-corrected chi connectivity index (χ3v) is 3.02. The Morgan fingerprint density at radius 3 is 2.46 bits per heavy atom. The summed E-state index contributed by atoms with van der Waals surface area (Å²) in [5, 5.41) is 13.7. The number of nitrogens with one attached hydrogen (secondary N) is 1. The SMILES string of the molecule is COC(=O)C[C@@H](Cc1ccccc1[N+](=O)[O-])NC(=O)OC(C)(C)C. The molecule has 0 aliphatic rings. The standard InChI is InChI=1S/C16H22N2O6/c1-16(2,3)24-15(20)17-12(10-14(19)23-4)9-11-7-5-6-8-13(11)18(21)22/h5-8,12H,9-10H2,1-4H3,(H,17,20)/t12-/m1/s1. The quantitative estimate of drug-likeness (QED) is 0.485. The van der Waals surface area contributed by atoms with Gasteiger partial charge >= 0.3 is 12.1 Å². The molecular formula is C16H22N2O6. The Morgan fingerprint density at radius 1 is 1.29 bits per heavy atom. The summed E-state index contributed by atoms with van der Waals surface area (Å²) in [6, 6.07) is 5.48. The van der Waals surface area contributed by atoms with Crippen LogP contribution < -0.4 is 5.32 Å². The zero-order chi connectivity index (χ0) is 18.3. The predicted molar refractivity (Wildman–Crippen MR) is 86.6 cm³/mol. The van der Waals surface area contributed by atoms with Gasteiger partial charge in [-0.15, -0.1) is 0 Å². The molecule has 0 bridgehead atoms. The highest BCUT2D eigenvalue weighted by Crippen LogP contribution is 2.20. The zero-order valence-electron chi connectivity index (χ0n) is 14.2. The Labute approximate surface area is 140 Å². The number of para-hydroxylation sites is 1. The molecule has 24 heavy (non-hydrogen) atoms. The molecule has 0 aliphatic heterocycles. The van der Waals surface area contributed by atoms with Crippen LogP contribution in [0.1, 0.15) is 32.8 Å². The summed E-state index contributed by atoms with van der Waals surface area (Å²) in [6.07, 6.45) is -0.720. The molecule has 1 N–H and O–H groups in total. The van der Waals surface area contributed by atoms with Crippen LogP contribution >= 0.6 is 0 Å². The Morgan fingerprint density at radius 2 is 1.92 bits per heavy atom. The number of benzene rings is 1.